The van der Waals surface area contributed by atoms with Crippen LogP contribution in [-0.2, 0) is 11.8 Å². The van der Waals surface area contributed by atoms with Gasteiger partial charge in [-0.05, 0) is 59.3 Å². The van der Waals surface area contributed by atoms with Crippen molar-refractivity contribution in [3.05, 3.63) is 83.6 Å². The molecule has 29 heavy (non-hydrogen) atoms. The lowest BCUT2D eigenvalue weighted by Gasteiger charge is -2.19. The molecule has 0 aliphatic rings. The molecule has 2 aromatic heterocycles. The second kappa shape index (κ2) is 8.28. The van der Waals surface area contributed by atoms with Crippen LogP contribution in [0.1, 0.15) is 18.0 Å². The van der Waals surface area contributed by atoms with Crippen LogP contribution >= 0.6 is 11.6 Å². The van der Waals surface area contributed by atoms with Crippen LogP contribution in [0.2, 0.25) is 5.02 Å². The predicted molar refractivity (Wildman–Crippen MR) is 112 cm³/mol. The van der Waals surface area contributed by atoms with E-state index in [1.54, 1.807) is 7.05 Å². The molecule has 7 nitrogen and oxygen atoms in total. The van der Waals surface area contributed by atoms with Gasteiger partial charge in [0, 0.05) is 28.7 Å². The summed E-state index contributed by atoms with van der Waals surface area (Å²) in [5, 5.41) is 15.6. The lowest BCUT2D eigenvalue weighted by Crippen LogP contribution is -2.19. The average molecular weight is 407 g/mol. The molecule has 4 aromatic rings. The van der Waals surface area contributed by atoms with Gasteiger partial charge in [0.05, 0.1) is 19.5 Å². The Morgan fingerprint density at radius 3 is 2.38 bits per heavy atom. The fraction of sp³-hybridized carbons (Fsp3) is 0.143. The first-order chi connectivity index (χ1) is 14.1. The number of amides is 1. The third kappa shape index (κ3) is 4.52. The SMILES string of the molecule is Cn1nnc(-c2ccc(NC(=O)CC(c3ccc(Cl)cc3)n3cccc3)cc2)n1. The molecule has 2 aromatic carbocycles. The summed E-state index contributed by atoms with van der Waals surface area (Å²) in [7, 11) is 1.72. The van der Waals surface area contributed by atoms with Gasteiger partial charge in [0.2, 0.25) is 11.7 Å². The van der Waals surface area contributed by atoms with Gasteiger partial charge in [-0.15, -0.1) is 10.2 Å². The third-order valence-electron chi connectivity index (χ3n) is 4.56. The number of anilines is 1. The van der Waals surface area contributed by atoms with E-state index < -0.39 is 0 Å². The molecule has 0 saturated heterocycles. The van der Waals surface area contributed by atoms with E-state index in [0.29, 0.717) is 23.0 Å². The summed E-state index contributed by atoms with van der Waals surface area (Å²) in [6.45, 7) is 0. The van der Waals surface area contributed by atoms with Crippen molar-refractivity contribution in [2.75, 3.05) is 5.32 Å². The minimum atomic E-state index is -0.120. The third-order valence-corrected chi connectivity index (χ3v) is 4.81. The Morgan fingerprint density at radius 2 is 1.76 bits per heavy atom. The molecule has 0 bridgehead atoms. The van der Waals surface area contributed by atoms with Crippen molar-refractivity contribution in [2.45, 2.75) is 12.5 Å². The minimum absolute atomic E-state index is 0.0796. The molecule has 2 heterocycles. The van der Waals surface area contributed by atoms with E-state index in [2.05, 4.69) is 20.7 Å². The van der Waals surface area contributed by atoms with Gasteiger partial charge in [0.25, 0.3) is 0 Å². The van der Waals surface area contributed by atoms with Crippen LogP contribution in [0.5, 0.6) is 0 Å². The molecular weight excluding hydrogens is 388 g/mol. The fourth-order valence-electron chi connectivity index (χ4n) is 3.13. The van der Waals surface area contributed by atoms with Crippen LogP contribution in [0.25, 0.3) is 11.4 Å². The smallest absolute Gasteiger partial charge is 0.226 e. The largest absolute Gasteiger partial charge is 0.346 e. The van der Waals surface area contributed by atoms with Gasteiger partial charge in [-0.3, -0.25) is 4.79 Å². The number of aromatic nitrogens is 5. The zero-order chi connectivity index (χ0) is 20.2. The molecule has 0 aliphatic carbocycles. The van der Waals surface area contributed by atoms with Gasteiger partial charge in [-0.2, -0.15) is 4.80 Å². The fourth-order valence-corrected chi connectivity index (χ4v) is 3.25. The summed E-state index contributed by atoms with van der Waals surface area (Å²) in [4.78, 5) is 14.1. The van der Waals surface area contributed by atoms with Crippen LogP contribution in [0.15, 0.2) is 73.1 Å². The van der Waals surface area contributed by atoms with Crippen LogP contribution in [0, 0.1) is 0 Å². The molecule has 8 heteroatoms. The van der Waals surface area contributed by atoms with E-state index in [0.717, 1.165) is 11.1 Å². The van der Waals surface area contributed by atoms with Crippen molar-refractivity contribution in [3.63, 3.8) is 0 Å². The average Bonchev–Trinajstić information content (AvgIpc) is 3.39. The molecule has 1 N–H and O–H groups in total. The first-order valence-corrected chi connectivity index (χ1v) is 9.48. The summed E-state index contributed by atoms with van der Waals surface area (Å²) >= 11 is 6.01. The van der Waals surface area contributed by atoms with Crippen molar-refractivity contribution >= 4 is 23.2 Å². The van der Waals surface area contributed by atoms with E-state index in [-0.39, 0.29) is 11.9 Å². The lowest BCUT2D eigenvalue weighted by molar-refractivity contribution is -0.116. The number of rotatable bonds is 6. The maximum absolute atomic E-state index is 12.7. The molecule has 0 spiro atoms. The maximum atomic E-state index is 12.7. The second-order valence-electron chi connectivity index (χ2n) is 6.63. The van der Waals surface area contributed by atoms with Crippen molar-refractivity contribution < 1.29 is 4.79 Å². The van der Waals surface area contributed by atoms with Crippen molar-refractivity contribution in [1.82, 2.24) is 24.8 Å². The van der Waals surface area contributed by atoms with Crippen LogP contribution < -0.4 is 5.32 Å². The summed E-state index contributed by atoms with van der Waals surface area (Å²) in [6.07, 6.45) is 4.20. The van der Waals surface area contributed by atoms with Gasteiger partial charge < -0.3 is 9.88 Å². The number of carbonyl (C=O) groups excluding carboxylic acids is 1. The van der Waals surface area contributed by atoms with Gasteiger partial charge in [0.15, 0.2) is 0 Å². The molecule has 0 fully saturated rings. The molecule has 0 saturated carbocycles. The van der Waals surface area contributed by atoms with Gasteiger partial charge in [-0.25, -0.2) is 0 Å². The van der Waals surface area contributed by atoms with E-state index >= 15 is 0 Å². The number of tetrazole rings is 1. The van der Waals surface area contributed by atoms with E-state index in [1.165, 1.54) is 4.80 Å². The Hall–Kier alpha value is -3.45. The van der Waals surface area contributed by atoms with Gasteiger partial charge >= 0.3 is 0 Å². The Bertz CT molecular complexity index is 1090. The van der Waals surface area contributed by atoms with Crippen LogP contribution in [0.4, 0.5) is 5.69 Å². The van der Waals surface area contributed by atoms with E-state index in [9.17, 15) is 4.79 Å². The van der Waals surface area contributed by atoms with Crippen LogP contribution in [-0.4, -0.2) is 30.7 Å². The highest BCUT2D eigenvalue weighted by Crippen LogP contribution is 2.25. The number of aryl methyl sites for hydroxylation is 1. The summed E-state index contributed by atoms with van der Waals surface area (Å²) in [6, 6.07) is 18.7. The molecular formula is C21H19ClN6O. The van der Waals surface area contributed by atoms with Gasteiger partial charge in [0.1, 0.15) is 0 Å². The Kier molecular flexibility index (Phi) is 5.39. The molecule has 1 unspecified atom stereocenters. The maximum Gasteiger partial charge on any atom is 0.226 e. The monoisotopic (exact) mass is 406 g/mol. The number of halogens is 1. The molecule has 0 aliphatic heterocycles. The normalized spacial score (nSPS) is 11.9. The van der Waals surface area contributed by atoms with Crippen molar-refractivity contribution in [2.24, 2.45) is 7.05 Å². The first kappa shape index (κ1) is 18.9. The quantitative estimate of drug-likeness (QED) is 0.526. The molecule has 0 radical (unpaired) electrons. The zero-order valence-electron chi connectivity index (χ0n) is 15.7. The number of carbonyl (C=O) groups is 1. The number of hydrogen-bond acceptors (Lipinski definition) is 4. The van der Waals surface area contributed by atoms with Crippen LogP contribution in [0.3, 0.4) is 0 Å². The Morgan fingerprint density at radius 1 is 1.07 bits per heavy atom. The predicted octanol–water partition coefficient (Wildman–Crippen LogP) is 3.95. The molecule has 4 rings (SSSR count). The van der Waals surface area contributed by atoms with Crippen molar-refractivity contribution in [3.8, 4) is 11.4 Å². The number of benzene rings is 2. The van der Waals surface area contributed by atoms with Gasteiger partial charge in [-0.1, -0.05) is 23.7 Å². The number of nitrogens with one attached hydrogen (secondary N) is 1. The zero-order valence-corrected chi connectivity index (χ0v) is 16.5. The highest BCUT2D eigenvalue weighted by atomic mass is 35.5. The Labute approximate surface area is 172 Å². The number of nitrogens with zero attached hydrogens (tertiary/aromatic N) is 5. The topological polar surface area (TPSA) is 77.6 Å². The summed E-state index contributed by atoms with van der Waals surface area (Å²) < 4.78 is 2.02. The summed E-state index contributed by atoms with van der Waals surface area (Å²) in [5.74, 6) is 0.463. The molecule has 1 atom stereocenters. The number of hydrogen-bond donors (Lipinski definition) is 1. The van der Waals surface area contributed by atoms with Crippen molar-refractivity contribution in [1.29, 1.82) is 0 Å². The first-order valence-electron chi connectivity index (χ1n) is 9.11. The van der Waals surface area contributed by atoms with E-state index in [1.807, 2.05) is 77.6 Å². The minimum Gasteiger partial charge on any atom is -0.346 e. The standard InChI is InChI=1S/C21H19ClN6O/c1-27-25-21(24-26-27)16-6-10-18(11-7-16)23-20(29)14-19(28-12-2-3-13-28)15-4-8-17(22)9-5-15/h2-13,19H,14H2,1H3,(H,23,29). The summed E-state index contributed by atoms with van der Waals surface area (Å²) in [5.41, 5.74) is 2.57. The second-order valence-corrected chi connectivity index (χ2v) is 7.07. The Balaban J connectivity index is 1.47. The molecule has 1 amide bonds. The molecule has 146 valence electrons. The highest BCUT2D eigenvalue weighted by molar-refractivity contribution is 6.30. The lowest BCUT2D eigenvalue weighted by atomic mass is 10.0. The highest BCUT2D eigenvalue weighted by Gasteiger charge is 2.17. The van der Waals surface area contributed by atoms with E-state index in [4.69, 9.17) is 11.6 Å².